The maximum absolute atomic E-state index is 13.8. The molecule has 2 aromatic carbocycles. The summed E-state index contributed by atoms with van der Waals surface area (Å²) in [6.07, 6.45) is 0. The fourth-order valence-electron chi connectivity index (χ4n) is 2.96. The van der Waals surface area contributed by atoms with Crippen molar-refractivity contribution in [2.24, 2.45) is 5.92 Å². The molecular formula is C21H22F2N2O4. The number of ether oxygens (including phenoxy) is 2. The van der Waals surface area contributed by atoms with Gasteiger partial charge in [-0.25, -0.2) is 8.78 Å². The minimum Gasteiger partial charge on any atom is -0.486 e. The number of nitrogens with one attached hydrogen (secondary N) is 2. The van der Waals surface area contributed by atoms with Gasteiger partial charge in [0, 0.05) is 6.54 Å². The maximum Gasteiger partial charge on any atom is 0.257 e. The molecule has 154 valence electrons. The number of benzene rings is 2. The molecule has 0 saturated carbocycles. The summed E-state index contributed by atoms with van der Waals surface area (Å²) in [5, 5.41) is 5.16. The molecular weight excluding hydrogens is 382 g/mol. The van der Waals surface area contributed by atoms with E-state index in [0.29, 0.717) is 24.7 Å². The van der Waals surface area contributed by atoms with Gasteiger partial charge in [-0.15, -0.1) is 0 Å². The van der Waals surface area contributed by atoms with Gasteiger partial charge in [0.25, 0.3) is 5.91 Å². The number of hydrogen-bond acceptors (Lipinski definition) is 4. The molecule has 1 aliphatic heterocycles. The Balaban J connectivity index is 1.66. The van der Waals surface area contributed by atoms with Gasteiger partial charge in [0.15, 0.2) is 11.5 Å². The molecule has 0 radical (unpaired) electrons. The molecule has 0 bridgehead atoms. The van der Waals surface area contributed by atoms with Crippen molar-refractivity contribution in [2.75, 3.05) is 13.2 Å². The predicted molar refractivity (Wildman–Crippen MR) is 102 cm³/mol. The van der Waals surface area contributed by atoms with E-state index in [1.807, 2.05) is 0 Å². The summed E-state index contributed by atoms with van der Waals surface area (Å²) in [4.78, 5) is 25.0. The standard InChI is InChI=1S/C21H22F2N2O4/c1-12(2)19(25-20(26)18-14(22)4-3-5-15(18)23)21(27)24-11-13-6-7-16-17(10-13)29-9-8-28-16/h3-7,10,12,19H,8-9,11H2,1-2H3,(H,24,27)(H,25,26)/t19-/m1/s1. The summed E-state index contributed by atoms with van der Waals surface area (Å²) in [6, 6.07) is 7.52. The predicted octanol–water partition coefficient (Wildman–Crippen LogP) is 2.81. The van der Waals surface area contributed by atoms with Gasteiger partial charge in [0.05, 0.1) is 0 Å². The Bertz CT molecular complexity index is 897. The molecule has 8 heteroatoms. The zero-order valence-corrected chi connectivity index (χ0v) is 16.1. The maximum atomic E-state index is 13.8. The number of carbonyl (C=O) groups is 2. The molecule has 0 fully saturated rings. The molecule has 1 heterocycles. The van der Waals surface area contributed by atoms with Crippen molar-refractivity contribution in [3.8, 4) is 11.5 Å². The van der Waals surface area contributed by atoms with E-state index in [1.54, 1.807) is 32.0 Å². The Morgan fingerprint density at radius 1 is 1.03 bits per heavy atom. The zero-order valence-electron chi connectivity index (χ0n) is 16.1. The number of amides is 2. The van der Waals surface area contributed by atoms with Crippen molar-refractivity contribution in [2.45, 2.75) is 26.4 Å². The second kappa shape index (κ2) is 8.89. The summed E-state index contributed by atoms with van der Waals surface area (Å²) in [7, 11) is 0. The van der Waals surface area contributed by atoms with E-state index >= 15 is 0 Å². The van der Waals surface area contributed by atoms with Crippen molar-refractivity contribution >= 4 is 11.8 Å². The lowest BCUT2D eigenvalue weighted by Crippen LogP contribution is -2.49. The molecule has 2 aromatic rings. The lowest BCUT2D eigenvalue weighted by molar-refractivity contribution is -0.124. The highest BCUT2D eigenvalue weighted by Crippen LogP contribution is 2.30. The van der Waals surface area contributed by atoms with Gasteiger partial charge in [-0.05, 0) is 35.7 Å². The van der Waals surface area contributed by atoms with Gasteiger partial charge in [0.2, 0.25) is 5.91 Å². The van der Waals surface area contributed by atoms with Crippen LogP contribution < -0.4 is 20.1 Å². The van der Waals surface area contributed by atoms with Crippen LogP contribution in [0.5, 0.6) is 11.5 Å². The zero-order chi connectivity index (χ0) is 21.0. The highest BCUT2D eigenvalue weighted by Gasteiger charge is 2.27. The Hall–Kier alpha value is -3.16. The SMILES string of the molecule is CC(C)[C@@H](NC(=O)c1c(F)cccc1F)C(=O)NCc1ccc2c(c1)OCCO2. The number of carbonyl (C=O) groups excluding carboxylic acids is 2. The van der Waals surface area contributed by atoms with Gasteiger partial charge < -0.3 is 20.1 Å². The molecule has 1 aliphatic rings. The summed E-state index contributed by atoms with van der Waals surface area (Å²) >= 11 is 0. The third kappa shape index (κ3) is 4.82. The first-order chi connectivity index (χ1) is 13.9. The summed E-state index contributed by atoms with van der Waals surface area (Å²) in [5.41, 5.74) is 0.0781. The molecule has 0 aliphatic carbocycles. The molecule has 3 rings (SSSR count). The lowest BCUT2D eigenvalue weighted by atomic mass is 10.0. The molecule has 0 aromatic heterocycles. The van der Waals surface area contributed by atoms with Crippen LogP contribution in [0, 0.1) is 17.6 Å². The van der Waals surface area contributed by atoms with Crippen LogP contribution in [0.25, 0.3) is 0 Å². The van der Waals surface area contributed by atoms with Crippen LogP contribution in [-0.4, -0.2) is 31.1 Å². The Kier molecular flexibility index (Phi) is 6.31. The largest absolute Gasteiger partial charge is 0.486 e. The molecule has 1 atom stereocenters. The second-order valence-electron chi connectivity index (χ2n) is 6.99. The highest BCUT2D eigenvalue weighted by molar-refractivity contribution is 5.98. The minimum absolute atomic E-state index is 0.197. The van der Waals surface area contributed by atoms with Crippen molar-refractivity contribution in [3.05, 3.63) is 59.2 Å². The summed E-state index contributed by atoms with van der Waals surface area (Å²) in [5.74, 6) is -2.46. The van der Waals surface area contributed by atoms with Crippen LogP contribution >= 0.6 is 0 Å². The van der Waals surface area contributed by atoms with E-state index in [4.69, 9.17) is 9.47 Å². The summed E-state index contributed by atoms with van der Waals surface area (Å²) in [6.45, 7) is 4.60. The van der Waals surface area contributed by atoms with E-state index in [-0.39, 0.29) is 12.5 Å². The monoisotopic (exact) mass is 404 g/mol. The number of fused-ring (bicyclic) bond motifs is 1. The van der Waals surface area contributed by atoms with E-state index < -0.39 is 35.1 Å². The van der Waals surface area contributed by atoms with Gasteiger partial charge in [-0.2, -0.15) is 0 Å². The Morgan fingerprint density at radius 2 is 1.69 bits per heavy atom. The van der Waals surface area contributed by atoms with Crippen LogP contribution in [0.3, 0.4) is 0 Å². The topological polar surface area (TPSA) is 76.7 Å². The Morgan fingerprint density at radius 3 is 2.34 bits per heavy atom. The molecule has 2 amide bonds. The second-order valence-corrected chi connectivity index (χ2v) is 6.99. The summed E-state index contributed by atoms with van der Waals surface area (Å²) < 4.78 is 38.6. The normalized spacial score (nSPS) is 13.7. The van der Waals surface area contributed by atoms with Crippen molar-refractivity contribution in [1.82, 2.24) is 10.6 Å². The number of halogens is 2. The van der Waals surface area contributed by atoms with Gasteiger partial charge >= 0.3 is 0 Å². The van der Waals surface area contributed by atoms with Crippen molar-refractivity contribution in [3.63, 3.8) is 0 Å². The first-order valence-corrected chi connectivity index (χ1v) is 9.28. The first-order valence-electron chi connectivity index (χ1n) is 9.28. The van der Waals surface area contributed by atoms with Crippen LogP contribution in [0.1, 0.15) is 29.8 Å². The highest BCUT2D eigenvalue weighted by atomic mass is 19.1. The van der Waals surface area contributed by atoms with E-state index in [9.17, 15) is 18.4 Å². The van der Waals surface area contributed by atoms with E-state index in [0.717, 1.165) is 17.7 Å². The molecule has 0 spiro atoms. The van der Waals surface area contributed by atoms with E-state index in [1.165, 1.54) is 6.07 Å². The quantitative estimate of drug-likeness (QED) is 0.776. The fourth-order valence-corrected chi connectivity index (χ4v) is 2.96. The average Bonchev–Trinajstić information content (AvgIpc) is 2.69. The van der Waals surface area contributed by atoms with E-state index in [2.05, 4.69) is 10.6 Å². The van der Waals surface area contributed by atoms with Crippen molar-refractivity contribution in [1.29, 1.82) is 0 Å². The molecule has 0 saturated heterocycles. The molecule has 0 unspecified atom stereocenters. The van der Waals surface area contributed by atoms with Crippen LogP contribution in [0.15, 0.2) is 36.4 Å². The van der Waals surface area contributed by atoms with Gasteiger partial charge in [-0.3, -0.25) is 9.59 Å². The smallest absolute Gasteiger partial charge is 0.257 e. The Labute approximate surface area is 167 Å². The number of rotatable bonds is 6. The molecule has 2 N–H and O–H groups in total. The van der Waals surface area contributed by atoms with Gasteiger partial charge in [0.1, 0.15) is 36.5 Å². The number of hydrogen-bond donors (Lipinski definition) is 2. The molecule has 6 nitrogen and oxygen atoms in total. The first kappa shape index (κ1) is 20.6. The van der Waals surface area contributed by atoms with Crippen LogP contribution in [-0.2, 0) is 11.3 Å². The third-order valence-corrected chi connectivity index (χ3v) is 4.50. The average molecular weight is 404 g/mol. The third-order valence-electron chi connectivity index (χ3n) is 4.50. The van der Waals surface area contributed by atoms with Crippen LogP contribution in [0.4, 0.5) is 8.78 Å². The lowest BCUT2D eigenvalue weighted by Gasteiger charge is -2.22. The van der Waals surface area contributed by atoms with Gasteiger partial charge in [-0.1, -0.05) is 26.0 Å². The van der Waals surface area contributed by atoms with Crippen molar-refractivity contribution < 1.29 is 27.8 Å². The van der Waals surface area contributed by atoms with Crippen LogP contribution in [0.2, 0.25) is 0 Å². The minimum atomic E-state index is -0.985. The molecule has 29 heavy (non-hydrogen) atoms. The fraction of sp³-hybridized carbons (Fsp3) is 0.333.